The van der Waals surface area contributed by atoms with Crippen molar-refractivity contribution in [3.05, 3.63) is 66.2 Å². The standard InChI is InChI=1S/C18H13N3O.CH4O3S/c19-18-14-10-21-9-13-7-12-3-1-2-4-15(12)20-17(13)16(21)8-11(14)5-6-22-18;1-5(2,3)4/h1-10,18H,19H2;1H3,(H,2,3,4). The summed E-state index contributed by atoms with van der Waals surface area (Å²) >= 11 is 0. The van der Waals surface area contributed by atoms with Crippen LogP contribution in [0, 0.1) is 0 Å². The van der Waals surface area contributed by atoms with Crippen LogP contribution in [0.1, 0.15) is 17.4 Å². The number of benzene rings is 1. The molecule has 0 saturated carbocycles. The quantitative estimate of drug-likeness (QED) is 0.467. The van der Waals surface area contributed by atoms with Gasteiger partial charge in [0.05, 0.1) is 38.5 Å². The Labute approximate surface area is 155 Å². The highest BCUT2D eigenvalue weighted by molar-refractivity contribution is 7.84. The maximum Gasteiger partial charge on any atom is 0.256 e. The predicted octanol–water partition coefficient (Wildman–Crippen LogP) is 2.04. The minimum atomic E-state index is -3.92. The largest absolute Gasteiger partial charge is 0.748 e. The van der Waals surface area contributed by atoms with Gasteiger partial charge in [0.25, 0.3) is 6.23 Å². The van der Waals surface area contributed by atoms with Gasteiger partial charge in [-0.2, -0.15) is 0 Å². The summed E-state index contributed by atoms with van der Waals surface area (Å²) < 4.78 is 34.8. The number of nitrogens with zero attached hydrogens (tertiary/aromatic N) is 2. The first-order valence-electron chi connectivity index (χ1n) is 8.20. The molecule has 1 aromatic carbocycles. The number of hydrogen-bond donors (Lipinski definition) is 1. The maximum absolute atomic E-state index is 9.08. The van der Waals surface area contributed by atoms with Crippen LogP contribution < -0.4 is 5.73 Å². The summed E-state index contributed by atoms with van der Waals surface area (Å²) in [4.78, 5) is 4.84. The summed E-state index contributed by atoms with van der Waals surface area (Å²) in [5, 5.41) is 2.31. The van der Waals surface area contributed by atoms with E-state index in [1.165, 1.54) is 0 Å². The molecule has 3 aromatic heterocycles. The molecule has 138 valence electrons. The monoisotopic (exact) mass is 383 g/mol. The Bertz CT molecular complexity index is 1300. The molecule has 7 nitrogen and oxygen atoms in total. The van der Waals surface area contributed by atoms with Crippen LogP contribution in [0.4, 0.5) is 0 Å². The molecule has 1 unspecified atom stereocenters. The van der Waals surface area contributed by atoms with Gasteiger partial charge >= 0.3 is 0 Å². The Kier molecular flexibility index (Phi) is 4.11. The van der Waals surface area contributed by atoms with Crippen molar-refractivity contribution in [2.24, 2.45) is 0 Å². The Hall–Kier alpha value is -2.94. The lowest BCUT2D eigenvalue weighted by molar-refractivity contribution is -0.491. The van der Waals surface area contributed by atoms with Crippen molar-refractivity contribution < 1.29 is 23.4 Å². The van der Waals surface area contributed by atoms with Crippen molar-refractivity contribution in [3.63, 3.8) is 0 Å². The van der Waals surface area contributed by atoms with Crippen LogP contribution in [0.2, 0.25) is 0 Å². The molecule has 5 rings (SSSR count). The minimum absolute atomic E-state index is 0.165. The molecule has 1 aliphatic rings. The third-order valence-corrected chi connectivity index (χ3v) is 4.29. The Morgan fingerprint density at radius 1 is 1.19 bits per heavy atom. The lowest BCUT2D eigenvalue weighted by atomic mass is 10.1. The van der Waals surface area contributed by atoms with Crippen molar-refractivity contribution in [1.29, 1.82) is 0 Å². The van der Waals surface area contributed by atoms with Gasteiger partial charge in [-0.3, -0.25) is 0 Å². The first kappa shape index (κ1) is 17.5. The van der Waals surface area contributed by atoms with Gasteiger partial charge in [0.15, 0.2) is 0 Å². The van der Waals surface area contributed by atoms with E-state index in [-0.39, 0.29) is 6.23 Å². The van der Waals surface area contributed by atoms with Crippen molar-refractivity contribution in [2.45, 2.75) is 6.23 Å². The average molecular weight is 383 g/mol. The van der Waals surface area contributed by atoms with E-state index >= 15 is 0 Å². The highest BCUT2D eigenvalue weighted by Gasteiger charge is 2.19. The number of rotatable bonds is 0. The minimum Gasteiger partial charge on any atom is -0.748 e. The fourth-order valence-electron chi connectivity index (χ4n) is 3.18. The van der Waals surface area contributed by atoms with Crippen LogP contribution in [-0.2, 0) is 14.9 Å². The van der Waals surface area contributed by atoms with Crippen LogP contribution in [0.25, 0.3) is 33.4 Å². The molecule has 8 heteroatoms. The zero-order chi connectivity index (χ0) is 19.2. The fourth-order valence-corrected chi connectivity index (χ4v) is 3.18. The van der Waals surface area contributed by atoms with Gasteiger partial charge in [-0.1, -0.05) is 18.2 Å². The molecule has 1 atom stereocenters. The van der Waals surface area contributed by atoms with E-state index in [0.29, 0.717) is 6.26 Å². The van der Waals surface area contributed by atoms with E-state index in [0.717, 1.165) is 38.4 Å². The van der Waals surface area contributed by atoms with Crippen LogP contribution >= 0.6 is 0 Å². The molecular weight excluding hydrogens is 366 g/mol. The number of para-hydroxylation sites is 1. The number of fused-ring (bicyclic) bond motifs is 5. The summed E-state index contributed by atoms with van der Waals surface area (Å²) in [7, 11) is -3.92. The van der Waals surface area contributed by atoms with Gasteiger partial charge in [0.2, 0.25) is 0 Å². The van der Waals surface area contributed by atoms with E-state index in [1.807, 2.05) is 18.2 Å². The van der Waals surface area contributed by atoms with E-state index in [9.17, 15) is 0 Å². The van der Waals surface area contributed by atoms with Gasteiger partial charge < -0.3 is 19.4 Å². The van der Waals surface area contributed by atoms with Crippen LogP contribution in [0.15, 0.2) is 55.1 Å². The molecule has 0 saturated heterocycles. The maximum atomic E-state index is 9.08. The van der Waals surface area contributed by atoms with Crippen molar-refractivity contribution in [2.75, 3.05) is 6.26 Å². The molecule has 27 heavy (non-hydrogen) atoms. The number of aromatic nitrogens is 2. The highest BCUT2D eigenvalue weighted by Crippen LogP contribution is 2.29. The lowest BCUT2D eigenvalue weighted by Crippen LogP contribution is -2.55. The average Bonchev–Trinajstić information content (AvgIpc) is 2.94. The summed E-state index contributed by atoms with van der Waals surface area (Å²) in [6, 6.07) is 12.6. The lowest BCUT2D eigenvalue weighted by Gasteiger charge is -2.16. The Morgan fingerprint density at radius 3 is 2.70 bits per heavy atom. The second kappa shape index (κ2) is 6.34. The molecular formula is C19H17N3O4S. The molecule has 4 heterocycles. The number of pyridine rings is 2. The summed E-state index contributed by atoms with van der Waals surface area (Å²) in [5.74, 6) is 0. The smallest absolute Gasteiger partial charge is 0.256 e. The molecule has 0 spiro atoms. The third kappa shape index (κ3) is 3.50. The van der Waals surface area contributed by atoms with Gasteiger partial charge in [-0.25, -0.2) is 13.4 Å². The van der Waals surface area contributed by atoms with Crippen LogP contribution in [0.5, 0.6) is 0 Å². The van der Waals surface area contributed by atoms with E-state index < -0.39 is 10.1 Å². The van der Waals surface area contributed by atoms with Crippen molar-refractivity contribution in [3.8, 4) is 0 Å². The van der Waals surface area contributed by atoms with Gasteiger partial charge in [-0.05, 0) is 29.8 Å². The van der Waals surface area contributed by atoms with Crippen LogP contribution in [-0.4, -0.2) is 28.6 Å². The molecule has 1 aliphatic heterocycles. The third-order valence-electron chi connectivity index (χ3n) is 4.29. The Balaban J connectivity index is 0.000000323. The SMILES string of the molecule is CS(=O)(=O)[O-].[NH3+]C1OC=Cc2cc3c4nc5ccccc5cc4cn3cc21. The molecule has 4 aromatic rings. The zero-order valence-electron chi connectivity index (χ0n) is 14.5. The molecule has 0 radical (unpaired) electrons. The number of hydrogen-bond acceptors (Lipinski definition) is 5. The fraction of sp³-hybridized carbons (Fsp3) is 0.105. The van der Waals surface area contributed by atoms with Gasteiger partial charge in [0.1, 0.15) is 0 Å². The molecule has 0 aliphatic carbocycles. The first-order valence-corrected chi connectivity index (χ1v) is 10.0. The topological polar surface area (TPSA) is 111 Å². The second-order valence-corrected chi connectivity index (χ2v) is 7.76. The summed E-state index contributed by atoms with van der Waals surface area (Å²) in [6.07, 6.45) is 8.35. The Morgan fingerprint density at radius 2 is 1.93 bits per heavy atom. The van der Waals surface area contributed by atoms with Gasteiger partial charge in [0, 0.05) is 29.4 Å². The first-order chi connectivity index (χ1) is 12.8. The zero-order valence-corrected chi connectivity index (χ0v) is 15.3. The summed E-state index contributed by atoms with van der Waals surface area (Å²) in [5.41, 5.74) is 9.45. The highest BCUT2D eigenvalue weighted by atomic mass is 32.2. The normalized spacial score (nSPS) is 16.0. The number of ether oxygens (including phenoxy) is 1. The van der Waals surface area contributed by atoms with E-state index in [4.69, 9.17) is 22.7 Å². The van der Waals surface area contributed by atoms with Gasteiger partial charge in [-0.15, -0.1) is 0 Å². The van der Waals surface area contributed by atoms with Crippen molar-refractivity contribution in [1.82, 2.24) is 9.38 Å². The predicted molar refractivity (Wildman–Crippen MR) is 102 cm³/mol. The van der Waals surface area contributed by atoms with E-state index in [2.05, 4.69) is 46.8 Å². The summed E-state index contributed by atoms with van der Waals surface area (Å²) in [6.45, 7) is 0. The van der Waals surface area contributed by atoms with Crippen LogP contribution in [0.3, 0.4) is 0 Å². The second-order valence-electron chi connectivity index (χ2n) is 6.36. The molecule has 0 bridgehead atoms. The molecule has 0 amide bonds. The van der Waals surface area contributed by atoms with Crippen molar-refractivity contribution >= 4 is 43.5 Å². The molecule has 0 fully saturated rings. The van der Waals surface area contributed by atoms with E-state index in [1.54, 1.807) is 6.26 Å². The molecule has 3 N–H and O–H groups in total. The number of quaternary nitrogens is 1.